The summed E-state index contributed by atoms with van der Waals surface area (Å²) in [4.78, 5) is 8.00. The fraction of sp³-hybridized carbons (Fsp3) is 0.267. The van der Waals surface area contributed by atoms with Crippen LogP contribution in [0.3, 0.4) is 0 Å². The van der Waals surface area contributed by atoms with Gasteiger partial charge in [0.1, 0.15) is 0 Å². The van der Waals surface area contributed by atoms with Crippen molar-refractivity contribution >= 4 is 21.8 Å². The van der Waals surface area contributed by atoms with Gasteiger partial charge in [0.25, 0.3) is 0 Å². The molecular weight excluding hydrogens is 208 g/mol. The number of nitrogens with zero attached hydrogens (tertiary/aromatic N) is 1. The molecule has 2 heteroatoms. The van der Waals surface area contributed by atoms with E-state index in [0.717, 1.165) is 6.42 Å². The van der Waals surface area contributed by atoms with Gasteiger partial charge in [0.15, 0.2) is 0 Å². The molecule has 0 aliphatic heterocycles. The van der Waals surface area contributed by atoms with Crippen LogP contribution in [0.4, 0.5) is 0 Å². The Morgan fingerprint density at radius 3 is 2.88 bits per heavy atom. The molecule has 0 aliphatic rings. The molecule has 0 fully saturated rings. The molecule has 2 aromatic heterocycles. The number of nitrogens with one attached hydrogen (secondary N) is 1. The Labute approximate surface area is 101 Å². The van der Waals surface area contributed by atoms with Gasteiger partial charge in [-0.15, -0.1) is 0 Å². The van der Waals surface area contributed by atoms with E-state index in [0.29, 0.717) is 0 Å². The van der Waals surface area contributed by atoms with Crippen LogP contribution in [-0.2, 0) is 6.42 Å². The van der Waals surface area contributed by atoms with E-state index in [1.54, 1.807) is 0 Å². The number of hydrogen-bond acceptors (Lipinski definition) is 1. The van der Waals surface area contributed by atoms with E-state index in [9.17, 15) is 0 Å². The third-order valence-corrected chi connectivity index (χ3v) is 3.27. The SMILES string of the molecule is CCCCc1nccc2c1[nH]c1ccccc12. The van der Waals surface area contributed by atoms with Gasteiger partial charge in [0, 0.05) is 22.5 Å². The summed E-state index contributed by atoms with van der Waals surface area (Å²) < 4.78 is 0. The second kappa shape index (κ2) is 4.21. The summed E-state index contributed by atoms with van der Waals surface area (Å²) >= 11 is 0. The van der Waals surface area contributed by atoms with Crippen molar-refractivity contribution in [1.29, 1.82) is 0 Å². The average Bonchev–Trinajstić information content (AvgIpc) is 2.75. The molecule has 0 saturated carbocycles. The Balaban J connectivity index is 2.24. The van der Waals surface area contributed by atoms with E-state index in [2.05, 4.69) is 47.2 Å². The lowest BCUT2D eigenvalue weighted by Gasteiger charge is -2.00. The third kappa shape index (κ3) is 1.70. The highest BCUT2D eigenvalue weighted by Crippen LogP contribution is 2.26. The molecule has 0 saturated heterocycles. The van der Waals surface area contributed by atoms with Crippen LogP contribution in [0.5, 0.6) is 0 Å². The summed E-state index contributed by atoms with van der Waals surface area (Å²) in [6, 6.07) is 10.5. The number of unbranched alkanes of at least 4 members (excludes halogenated alkanes) is 1. The molecular formula is C15H16N2. The van der Waals surface area contributed by atoms with Gasteiger partial charge in [-0.05, 0) is 25.0 Å². The quantitative estimate of drug-likeness (QED) is 0.714. The predicted molar refractivity (Wildman–Crippen MR) is 72.2 cm³/mol. The number of aromatic nitrogens is 2. The van der Waals surface area contributed by atoms with Crippen LogP contribution in [0, 0.1) is 0 Å². The van der Waals surface area contributed by atoms with Gasteiger partial charge >= 0.3 is 0 Å². The van der Waals surface area contributed by atoms with E-state index in [1.807, 2.05) is 6.20 Å². The van der Waals surface area contributed by atoms with Gasteiger partial charge in [0.05, 0.1) is 11.2 Å². The average molecular weight is 224 g/mol. The predicted octanol–water partition coefficient (Wildman–Crippen LogP) is 4.06. The number of aryl methyl sites for hydroxylation is 1. The molecule has 3 aromatic rings. The first-order valence-electron chi connectivity index (χ1n) is 6.24. The number of hydrogen-bond donors (Lipinski definition) is 1. The van der Waals surface area contributed by atoms with Crippen molar-refractivity contribution < 1.29 is 0 Å². The van der Waals surface area contributed by atoms with Crippen molar-refractivity contribution in [2.75, 3.05) is 0 Å². The molecule has 2 nitrogen and oxygen atoms in total. The first-order chi connectivity index (χ1) is 8.40. The highest BCUT2D eigenvalue weighted by Gasteiger charge is 2.07. The zero-order chi connectivity index (χ0) is 11.7. The molecule has 0 atom stereocenters. The minimum absolute atomic E-state index is 1.06. The molecule has 0 bridgehead atoms. The molecule has 1 N–H and O–H groups in total. The van der Waals surface area contributed by atoms with E-state index in [-0.39, 0.29) is 0 Å². The number of H-pyrrole nitrogens is 1. The summed E-state index contributed by atoms with van der Waals surface area (Å²) in [6.07, 6.45) is 5.38. The lowest BCUT2D eigenvalue weighted by Crippen LogP contribution is -1.90. The molecule has 0 unspecified atom stereocenters. The fourth-order valence-corrected chi connectivity index (χ4v) is 2.36. The van der Waals surface area contributed by atoms with Crippen molar-refractivity contribution in [3.63, 3.8) is 0 Å². The zero-order valence-corrected chi connectivity index (χ0v) is 10.0. The highest BCUT2D eigenvalue weighted by atomic mass is 14.8. The smallest absolute Gasteiger partial charge is 0.0684 e. The van der Waals surface area contributed by atoms with Gasteiger partial charge in [-0.3, -0.25) is 4.98 Å². The number of fused-ring (bicyclic) bond motifs is 3. The van der Waals surface area contributed by atoms with Crippen LogP contribution in [0.15, 0.2) is 36.5 Å². The first-order valence-corrected chi connectivity index (χ1v) is 6.24. The molecule has 1 aromatic carbocycles. The highest BCUT2D eigenvalue weighted by molar-refractivity contribution is 6.07. The maximum atomic E-state index is 4.51. The molecule has 0 aliphatic carbocycles. The Hall–Kier alpha value is -1.83. The van der Waals surface area contributed by atoms with Crippen molar-refractivity contribution in [2.45, 2.75) is 26.2 Å². The standard InChI is InChI=1S/C15H16N2/c1-2-3-7-14-15-12(9-10-16-14)11-6-4-5-8-13(11)17-15/h4-6,8-10,17H,2-3,7H2,1H3. The monoisotopic (exact) mass is 224 g/mol. The number of para-hydroxylation sites is 1. The topological polar surface area (TPSA) is 28.7 Å². The molecule has 2 heterocycles. The molecule has 0 spiro atoms. The van der Waals surface area contributed by atoms with E-state index in [1.165, 1.54) is 40.3 Å². The van der Waals surface area contributed by atoms with Crippen LogP contribution in [0.2, 0.25) is 0 Å². The summed E-state index contributed by atoms with van der Waals surface area (Å²) in [5.74, 6) is 0. The maximum Gasteiger partial charge on any atom is 0.0684 e. The van der Waals surface area contributed by atoms with Crippen LogP contribution in [0.1, 0.15) is 25.5 Å². The second-order valence-electron chi connectivity index (χ2n) is 4.45. The van der Waals surface area contributed by atoms with Crippen molar-refractivity contribution in [3.05, 3.63) is 42.2 Å². The van der Waals surface area contributed by atoms with Crippen LogP contribution in [0.25, 0.3) is 21.8 Å². The lowest BCUT2D eigenvalue weighted by molar-refractivity contribution is 0.781. The lowest BCUT2D eigenvalue weighted by atomic mass is 10.1. The van der Waals surface area contributed by atoms with Crippen LogP contribution < -0.4 is 0 Å². The summed E-state index contributed by atoms with van der Waals surface area (Å²) in [6.45, 7) is 2.21. The Bertz CT molecular complexity index is 652. The number of rotatable bonds is 3. The van der Waals surface area contributed by atoms with Gasteiger partial charge in [-0.2, -0.15) is 0 Å². The summed E-state index contributed by atoms with van der Waals surface area (Å²) in [5, 5.41) is 2.59. The second-order valence-corrected chi connectivity index (χ2v) is 4.45. The Morgan fingerprint density at radius 2 is 2.00 bits per heavy atom. The number of benzene rings is 1. The number of pyridine rings is 1. The van der Waals surface area contributed by atoms with Gasteiger partial charge in [0.2, 0.25) is 0 Å². The molecule has 3 rings (SSSR count). The molecule has 17 heavy (non-hydrogen) atoms. The van der Waals surface area contributed by atoms with Crippen LogP contribution >= 0.6 is 0 Å². The largest absolute Gasteiger partial charge is 0.353 e. The maximum absolute atomic E-state index is 4.51. The Kier molecular flexibility index (Phi) is 2.56. The van der Waals surface area contributed by atoms with Gasteiger partial charge < -0.3 is 4.98 Å². The first kappa shape index (κ1) is 10.3. The van der Waals surface area contributed by atoms with Crippen LogP contribution in [-0.4, -0.2) is 9.97 Å². The van der Waals surface area contributed by atoms with E-state index < -0.39 is 0 Å². The zero-order valence-electron chi connectivity index (χ0n) is 10.0. The van der Waals surface area contributed by atoms with Gasteiger partial charge in [-0.25, -0.2) is 0 Å². The van der Waals surface area contributed by atoms with E-state index >= 15 is 0 Å². The molecule has 0 amide bonds. The van der Waals surface area contributed by atoms with E-state index in [4.69, 9.17) is 0 Å². The summed E-state index contributed by atoms with van der Waals surface area (Å²) in [5.41, 5.74) is 3.61. The third-order valence-electron chi connectivity index (χ3n) is 3.27. The van der Waals surface area contributed by atoms with Gasteiger partial charge in [-0.1, -0.05) is 31.5 Å². The minimum atomic E-state index is 1.06. The fourth-order valence-electron chi connectivity index (χ4n) is 2.36. The molecule has 0 radical (unpaired) electrons. The Morgan fingerprint density at radius 1 is 1.12 bits per heavy atom. The minimum Gasteiger partial charge on any atom is -0.353 e. The normalized spacial score (nSPS) is 11.4. The molecule has 86 valence electrons. The van der Waals surface area contributed by atoms with Crippen molar-refractivity contribution in [1.82, 2.24) is 9.97 Å². The number of aromatic amines is 1. The van der Waals surface area contributed by atoms with Crippen molar-refractivity contribution in [3.8, 4) is 0 Å². The summed E-state index contributed by atoms with van der Waals surface area (Å²) in [7, 11) is 0. The van der Waals surface area contributed by atoms with Crippen molar-refractivity contribution in [2.24, 2.45) is 0 Å².